The predicted molar refractivity (Wildman–Crippen MR) is 378 cm³/mol. The molecule has 0 aromatic carbocycles. The summed E-state index contributed by atoms with van der Waals surface area (Å²) in [6.07, 6.45) is 15.9. The number of carbonyl (C=O) groups excluding carboxylic acids is 6. The molecule has 0 aromatic heterocycles. The lowest BCUT2D eigenvalue weighted by Crippen LogP contribution is -2.44. The molecule has 3 heterocycles. The molecule has 0 aliphatic carbocycles. The highest BCUT2D eigenvalue weighted by Crippen LogP contribution is 2.35. The molecule has 2 saturated heterocycles. The number of hydrogen-bond donors (Lipinski definition) is 7. The third-order valence-corrected chi connectivity index (χ3v) is 21.6. The van der Waals surface area contributed by atoms with Crippen LogP contribution in [-0.4, -0.2) is 226 Å². The van der Waals surface area contributed by atoms with Crippen molar-refractivity contribution in [3.8, 4) is 0 Å². The second kappa shape index (κ2) is 45.8. The van der Waals surface area contributed by atoms with Crippen molar-refractivity contribution in [2.24, 2.45) is 41.4 Å². The van der Waals surface area contributed by atoms with Crippen LogP contribution in [0.15, 0.2) is 48.1 Å². The summed E-state index contributed by atoms with van der Waals surface area (Å²) in [4.78, 5) is 94.3. The number of nitrogens with one attached hydrogen (secondary N) is 4. The van der Waals surface area contributed by atoms with Crippen LogP contribution in [0.25, 0.3) is 0 Å². The minimum atomic E-state index is -1.02. The van der Waals surface area contributed by atoms with Gasteiger partial charge < -0.3 is 69.7 Å². The zero-order chi connectivity index (χ0) is 72.5. The van der Waals surface area contributed by atoms with Gasteiger partial charge in [-0.25, -0.2) is 9.59 Å². The summed E-state index contributed by atoms with van der Waals surface area (Å²) < 4.78 is 41.9. The number of cyclic esters (lactones) is 1. The van der Waals surface area contributed by atoms with Gasteiger partial charge in [-0.2, -0.15) is 11.8 Å². The van der Waals surface area contributed by atoms with Crippen molar-refractivity contribution >= 4 is 53.5 Å². The summed E-state index contributed by atoms with van der Waals surface area (Å²) >= 11 is 1.86. The van der Waals surface area contributed by atoms with Crippen molar-refractivity contribution in [1.29, 1.82) is 0 Å². The molecule has 0 spiro atoms. The Morgan fingerprint density at radius 2 is 1.54 bits per heavy atom. The third kappa shape index (κ3) is 30.8. The number of aliphatic carboxylic acids is 1. The number of aliphatic hydroxyl groups is 2. The van der Waals surface area contributed by atoms with Crippen LogP contribution in [-0.2, 0) is 61.9 Å². The van der Waals surface area contributed by atoms with Crippen molar-refractivity contribution in [3.63, 3.8) is 0 Å². The number of carboxylic acids is 1. The summed E-state index contributed by atoms with van der Waals surface area (Å²) in [5.74, 6) is -4.59. The molecule has 7 N–H and O–H groups in total. The highest BCUT2D eigenvalue weighted by atomic mass is 32.2. The summed E-state index contributed by atoms with van der Waals surface area (Å²) in [5.41, 5.74) is 1.09. The van der Waals surface area contributed by atoms with Crippen molar-refractivity contribution in [3.05, 3.63) is 48.1 Å². The van der Waals surface area contributed by atoms with Gasteiger partial charge in [0.2, 0.25) is 5.91 Å². The molecular weight excluding hydrogens is 1260 g/mol. The number of aliphatic hydroxyl groups excluding tert-OH is 2. The molecule has 556 valence electrons. The Morgan fingerprint density at radius 1 is 0.814 bits per heavy atom. The van der Waals surface area contributed by atoms with E-state index in [0.29, 0.717) is 69.6 Å². The zero-order valence-electron chi connectivity index (χ0n) is 61.7. The van der Waals surface area contributed by atoms with Crippen LogP contribution < -0.4 is 21.3 Å². The van der Waals surface area contributed by atoms with Gasteiger partial charge in [0.15, 0.2) is 0 Å². The van der Waals surface area contributed by atoms with Gasteiger partial charge in [0.05, 0.1) is 43.1 Å². The van der Waals surface area contributed by atoms with Gasteiger partial charge in [0.1, 0.15) is 42.5 Å². The molecule has 23 nitrogen and oxygen atoms in total. The highest BCUT2D eigenvalue weighted by molar-refractivity contribution is 8.00. The molecule has 0 radical (unpaired) electrons. The first kappa shape index (κ1) is 86.3. The maximum atomic E-state index is 13.8. The number of carbonyl (C=O) groups is 7. The monoisotopic (exact) mass is 1390 g/mol. The van der Waals surface area contributed by atoms with Crippen molar-refractivity contribution in [2.75, 3.05) is 75.0 Å². The topological polar surface area (TPSA) is 299 Å². The Hall–Kier alpha value is -4.92. The Morgan fingerprint density at radius 3 is 2.19 bits per heavy atom. The molecule has 0 aromatic rings. The van der Waals surface area contributed by atoms with Crippen molar-refractivity contribution in [2.45, 2.75) is 256 Å². The van der Waals surface area contributed by atoms with Crippen LogP contribution in [0.4, 0.5) is 4.79 Å². The number of ether oxygens (including phenoxy) is 7. The summed E-state index contributed by atoms with van der Waals surface area (Å²) in [5, 5.41) is 46.7. The van der Waals surface area contributed by atoms with Crippen LogP contribution >= 0.6 is 11.8 Å². The van der Waals surface area contributed by atoms with E-state index in [1.54, 1.807) is 77.4 Å². The number of methoxy groups -OCH3 is 3. The Kier molecular flexibility index (Phi) is 40.7. The van der Waals surface area contributed by atoms with E-state index in [1.807, 2.05) is 65.5 Å². The SMILES string of the molecule is COC[C@@H](C(=O)OC1C/C=C/C=C/C(=O)O[C@H]([C@@H](C)[C@@H](O)[C@@H](C)CC[C@@H](OC(=O)[C@H](C)N(C)C)[C@H](C)[C@H](OC(C)=O)[C@H](C)CCN[C@@H](CCCCNC(=O)CCCC[C@@H]2SC[C@@H]3NC(=O)N[C@@H]32)C(=O)O)C/C=C/[C@H](OC)C[C@H](C)C/C=C(\C)[C@@H](OC)CC[C@@H](C)[C@@H](O)[C@@H]1C)N(C)C. The van der Waals surface area contributed by atoms with E-state index in [1.165, 1.54) is 20.1 Å². The largest absolute Gasteiger partial charge is 0.480 e. The van der Waals surface area contributed by atoms with Crippen molar-refractivity contribution < 1.29 is 82.0 Å². The maximum absolute atomic E-state index is 13.8. The number of amides is 3. The normalized spacial score (nSPS) is 28.8. The molecule has 21 atom stereocenters. The van der Waals surface area contributed by atoms with E-state index in [4.69, 9.17) is 33.2 Å². The number of fused-ring (bicyclic) bond motifs is 1. The van der Waals surface area contributed by atoms with Gasteiger partial charge >= 0.3 is 35.9 Å². The number of thioether (sulfide) groups is 1. The van der Waals surface area contributed by atoms with Gasteiger partial charge in [-0.1, -0.05) is 91.3 Å². The van der Waals surface area contributed by atoms with E-state index in [0.717, 1.165) is 37.0 Å². The van der Waals surface area contributed by atoms with Crippen LogP contribution in [0, 0.1) is 41.4 Å². The fourth-order valence-electron chi connectivity index (χ4n) is 13.0. The van der Waals surface area contributed by atoms with Crippen LogP contribution in [0.5, 0.6) is 0 Å². The molecule has 3 rings (SSSR count). The second-order valence-electron chi connectivity index (χ2n) is 28.3. The summed E-state index contributed by atoms with van der Waals surface area (Å²) in [7, 11) is 12.0. The van der Waals surface area contributed by atoms with Crippen molar-refractivity contribution in [1.82, 2.24) is 31.1 Å². The number of rotatable bonds is 35. The standard InChI is InChI=1S/C73H126N6O17S/c1-45-33-34-46(2)59(92-17)37-35-47(3)68(84)51(7)61(96-72(88)58(43-90-15)79(13)14)28-19-18-20-32-65(82)94-60(29-25-26-55(42-45)91-16)50(6)67(83)48(4)36-38-62(95-71(87)53(9)78(11)12)52(8)69(93-54(10)80)49(5)39-41-74-56(70(85)86)27-23-24-40-75-64(81)31-22-21-30-63-66-57(44-97-63)76-73(89)77-66/h18-20,25-26,32,34,45,47-53,55-63,66-69,74,83-84H,21-24,27-31,33,35-44H2,1-17H3,(H,75,81)(H,85,86)(H2,76,77,89)/b19-18+,26-25+,32-20+,46-34+/t45-,47-,48+,49-,50-,51-,52+,53+,55+,56+,57+,58+,59+,60+,61?,62-,63+,66+,67+,68-,69-/m1/s1. The minimum Gasteiger partial charge on any atom is -0.480 e. The van der Waals surface area contributed by atoms with Crippen LogP contribution in [0.1, 0.15) is 172 Å². The second-order valence-corrected chi connectivity index (χ2v) is 29.5. The average molecular weight is 1390 g/mol. The first-order valence-electron chi connectivity index (χ1n) is 35.5. The van der Waals surface area contributed by atoms with Crippen LogP contribution in [0.2, 0.25) is 0 Å². The molecule has 24 heteroatoms. The lowest BCUT2D eigenvalue weighted by molar-refractivity contribution is -0.167. The molecular formula is C73H126N6O17S. The Bertz CT molecular complexity index is 2500. The third-order valence-electron chi connectivity index (χ3n) is 20.1. The Balaban J connectivity index is 1.79. The number of allylic oxidation sites excluding steroid dienone is 3. The Labute approximate surface area is 584 Å². The van der Waals surface area contributed by atoms with Crippen LogP contribution in [0.3, 0.4) is 0 Å². The average Bonchev–Trinajstić information content (AvgIpc) is 1.77. The smallest absolute Gasteiger partial charge is 0.331 e. The van der Waals surface area contributed by atoms with Gasteiger partial charge in [-0.05, 0) is 155 Å². The number of urea groups is 1. The lowest BCUT2D eigenvalue weighted by atomic mass is 9.81. The van der Waals surface area contributed by atoms with E-state index >= 15 is 0 Å². The van der Waals surface area contributed by atoms with E-state index < -0.39 is 108 Å². The van der Waals surface area contributed by atoms with Gasteiger partial charge in [0.25, 0.3) is 0 Å². The number of nitrogens with zero attached hydrogens (tertiary/aromatic N) is 2. The molecule has 3 aliphatic rings. The minimum absolute atomic E-state index is 0.0403. The maximum Gasteiger partial charge on any atom is 0.331 e. The first-order valence-corrected chi connectivity index (χ1v) is 36.6. The summed E-state index contributed by atoms with van der Waals surface area (Å²) in [6.45, 7) is 19.5. The highest BCUT2D eigenvalue weighted by Gasteiger charge is 2.43. The molecule has 97 heavy (non-hydrogen) atoms. The molecule has 0 bridgehead atoms. The van der Waals surface area contributed by atoms with Gasteiger partial charge in [-0.3, -0.25) is 33.8 Å². The fourth-order valence-corrected chi connectivity index (χ4v) is 14.6. The first-order chi connectivity index (χ1) is 45.9. The zero-order valence-corrected chi connectivity index (χ0v) is 62.5. The van der Waals surface area contributed by atoms with E-state index in [2.05, 4.69) is 41.2 Å². The quantitative estimate of drug-likeness (QED) is 0.0103. The molecule has 0 saturated carbocycles. The molecule has 3 amide bonds. The molecule has 1 unspecified atom stereocenters. The number of unbranched alkanes of at least 4 members (excludes halogenated alkanes) is 2. The van der Waals surface area contributed by atoms with E-state index in [9.17, 15) is 48.9 Å². The summed E-state index contributed by atoms with van der Waals surface area (Å²) in [6, 6.07) is -1.94. The lowest BCUT2D eigenvalue weighted by Gasteiger charge is -2.36. The number of carboxylic acid groups (broad SMARTS) is 1. The van der Waals surface area contributed by atoms with Gasteiger partial charge in [-0.15, -0.1) is 0 Å². The number of esters is 4. The number of likely N-dealkylation sites (N-methyl/N-ethyl adjacent to an activating group) is 2. The fraction of sp³-hybridized carbons (Fsp3) is 0.795. The molecule has 2 fully saturated rings. The number of hydrogen-bond acceptors (Lipinski definition) is 20. The molecule has 3 aliphatic heterocycles. The van der Waals surface area contributed by atoms with E-state index in [-0.39, 0.29) is 86.4 Å². The van der Waals surface area contributed by atoms with Gasteiger partial charge in [0, 0.05) is 88.9 Å². The predicted octanol–water partition coefficient (Wildman–Crippen LogP) is 8.58.